The van der Waals surface area contributed by atoms with Gasteiger partial charge in [-0.25, -0.2) is 4.98 Å². The van der Waals surface area contributed by atoms with Crippen LogP contribution in [0.3, 0.4) is 0 Å². The van der Waals surface area contributed by atoms with Gasteiger partial charge in [-0.3, -0.25) is 4.90 Å². The summed E-state index contributed by atoms with van der Waals surface area (Å²) in [6.07, 6.45) is 9.21. The van der Waals surface area contributed by atoms with Gasteiger partial charge in [0.05, 0.1) is 0 Å². The molecule has 2 aliphatic rings. The number of hydrogen-bond acceptors (Lipinski definition) is 5. The van der Waals surface area contributed by atoms with E-state index in [2.05, 4.69) is 14.8 Å². The van der Waals surface area contributed by atoms with Gasteiger partial charge in [0.2, 0.25) is 0 Å². The van der Waals surface area contributed by atoms with Gasteiger partial charge in [-0.1, -0.05) is 19.3 Å². The molecule has 1 aromatic rings. The fourth-order valence-electron chi connectivity index (χ4n) is 3.48. The van der Waals surface area contributed by atoms with Crippen LogP contribution in [0.25, 0.3) is 0 Å². The summed E-state index contributed by atoms with van der Waals surface area (Å²) in [6, 6.07) is 0. The Labute approximate surface area is 126 Å². The molecular formula is C15H26N4S. The van der Waals surface area contributed by atoms with E-state index in [9.17, 15) is 0 Å². The molecule has 0 spiro atoms. The Hall–Kier alpha value is -0.650. The Morgan fingerprint density at radius 1 is 1.10 bits per heavy atom. The summed E-state index contributed by atoms with van der Waals surface area (Å²) in [4.78, 5) is 10.6. The second-order valence-electron chi connectivity index (χ2n) is 6.25. The molecule has 20 heavy (non-hydrogen) atoms. The maximum Gasteiger partial charge on any atom is 0.180 e. The minimum absolute atomic E-state index is 0.691. The molecule has 5 heteroatoms. The van der Waals surface area contributed by atoms with Crippen molar-refractivity contribution in [3.05, 3.63) is 11.1 Å². The van der Waals surface area contributed by atoms with E-state index in [0.29, 0.717) is 5.13 Å². The largest absolute Gasteiger partial charge is 0.375 e. The summed E-state index contributed by atoms with van der Waals surface area (Å²) in [5.74, 6) is 0.969. The van der Waals surface area contributed by atoms with Gasteiger partial charge in [-0.05, 0) is 18.8 Å². The summed E-state index contributed by atoms with van der Waals surface area (Å²) in [5.41, 5.74) is 5.69. The van der Waals surface area contributed by atoms with Gasteiger partial charge in [-0.2, -0.15) is 0 Å². The van der Waals surface area contributed by atoms with Crippen molar-refractivity contribution in [3.63, 3.8) is 0 Å². The van der Waals surface area contributed by atoms with Crippen LogP contribution in [-0.4, -0.2) is 47.5 Å². The molecule has 1 aliphatic heterocycles. The van der Waals surface area contributed by atoms with Gasteiger partial charge >= 0.3 is 0 Å². The molecule has 0 radical (unpaired) electrons. The average Bonchev–Trinajstić information content (AvgIpc) is 2.88. The zero-order chi connectivity index (χ0) is 13.8. The number of nitrogen functional groups attached to an aromatic ring is 1. The maximum atomic E-state index is 5.69. The second kappa shape index (κ2) is 6.87. The first-order chi connectivity index (χ1) is 9.79. The molecular weight excluding hydrogens is 268 g/mol. The van der Waals surface area contributed by atoms with Crippen LogP contribution in [0.5, 0.6) is 0 Å². The van der Waals surface area contributed by atoms with Gasteiger partial charge in [0, 0.05) is 50.3 Å². The van der Waals surface area contributed by atoms with Crippen molar-refractivity contribution in [3.8, 4) is 0 Å². The van der Waals surface area contributed by atoms with Crippen LogP contribution < -0.4 is 5.73 Å². The Balaban J connectivity index is 1.40. The Bertz CT molecular complexity index is 406. The molecule has 1 aliphatic carbocycles. The summed E-state index contributed by atoms with van der Waals surface area (Å²) in [6.45, 7) is 7.18. The molecule has 1 saturated heterocycles. The lowest BCUT2D eigenvalue weighted by Crippen LogP contribution is -2.47. The van der Waals surface area contributed by atoms with Crippen LogP contribution in [0.2, 0.25) is 0 Å². The molecule has 0 unspecified atom stereocenters. The molecule has 1 saturated carbocycles. The van der Waals surface area contributed by atoms with E-state index in [-0.39, 0.29) is 0 Å². The van der Waals surface area contributed by atoms with Crippen LogP contribution >= 0.6 is 11.3 Å². The third-order valence-electron chi connectivity index (χ3n) is 4.66. The zero-order valence-electron chi connectivity index (χ0n) is 12.3. The van der Waals surface area contributed by atoms with Gasteiger partial charge in [0.25, 0.3) is 0 Å². The summed E-state index contributed by atoms with van der Waals surface area (Å²) < 4.78 is 0. The predicted octanol–water partition coefficient (Wildman–Crippen LogP) is 2.42. The highest BCUT2D eigenvalue weighted by Gasteiger charge is 2.21. The van der Waals surface area contributed by atoms with Crippen LogP contribution in [0.15, 0.2) is 6.20 Å². The van der Waals surface area contributed by atoms with Crippen molar-refractivity contribution in [2.24, 2.45) is 5.92 Å². The second-order valence-corrected chi connectivity index (χ2v) is 7.39. The Morgan fingerprint density at radius 3 is 2.45 bits per heavy atom. The van der Waals surface area contributed by atoms with Gasteiger partial charge in [-0.15, -0.1) is 11.3 Å². The number of nitrogens with two attached hydrogens (primary N) is 1. The van der Waals surface area contributed by atoms with Crippen molar-refractivity contribution in [2.75, 3.05) is 38.5 Å². The number of anilines is 1. The molecule has 2 heterocycles. The quantitative estimate of drug-likeness (QED) is 0.926. The van der Waals surface area contributed by atoms with Crippen molar-refractivity contribution in [1.29, 1.82) is 0 Å². The Kier molecular flexibility index (Phi) is 4.91. The lowest BCUT2D eigenvalue weighted by atomic mass is 9.89. The molecule has 112 valence electrons. The van der Waals surface area contributed by atoms with Gasteiger partial charge in [0.1, 0.15) is 0 Å². The number of thiazole rings is 1. The standard InChI is InChI=1S/C15H26N4S/c16-15-17-10-14(20-15)12-19-8-6-18(7-9-19)11-13-4-2-1-3-5-13/h10,13H,1-9,11-12H2,(H2,16,17). The lowest BCUT2D eigenvalue weighted by molar-refractivity contribution is 0.106. The van der Waals surface area contributed by atoms with Crippen molar-refractivity contribution in [2.45, 2.75) is 38.6 Å². The highest BCUT2D eigenvalue weighted by atomic mass is 32.1. The van der Waals surface area contributed by atoms with E-state index < -0.39 is 0 Å². The fourth-order valence-corrected chi connectivity index (χ4v) is 4.21. The predicted molar refractivity (Wildman–Crippen MR) is 84.8 cm³/mol. The first kappa shape index (κ1) is 14.3. The van der Waals surface area contributed by atoms with E-state index in [4.69, 9.17) is 5.73 Å². The van der Waals surface area contributed by atoms with Gasteiger partial charge < -0.3 is 10.6 Å². The number of aromatic nitrogens is 1. The lowest BCUT2D eigenvalue weighted by Gasteiger charge is -2.37. The zero-order valence-corrected chi connectivity index (χ0v) is 13.1. The minimum Gasteiger partial charge on any atom is -0.375 e. The van der Waals surface area contributed by atoms with Crippen LogP contribution in [0, 0.1) is 5.92 Å². The van der Waals surface area contributed by atoms with Crippen LogP contribution in [0.4, 0.5) is 5.13 Å². The monoisotopic (exact) mass is 294 g/mol. The number of piperazine rings is 1. The molecule has 4 nitrogen and oxygen atoms in total. The minimum atomic E-state index is 0.691. The fraction of sp³-hybridized carbons (Fsp3) is 0.800. The molecule has 0 bridgehead atoms. The van der Waals surface area contributed by atoms with Crippen molar-refractivity contribution in [1.82, 2.24) is 14.8 Å². The molecule has 0 atom stereocenters. The third kappa shape index (κ3) is 3.93. The first-order valence-electron chi connectivity index (χ1n) is 7.94. The number of hydrogen-bond donors (Lipinski definition) is 1. The van der Waals surface area contributed by atoms with Gasteiger partial charge in [0.15, 0.2) is 5.13 Å². The number of rotatable bonds is 4. The van der Waals surface area contributed by atoms with E-state index in [1.165, 1.54) is 69.7 Å². The summed E-state index contributed by atoms with van der Waals surface area (Å²) in [5, 5.41) is 0.691. The first-order valence-corrected chi connectivity index (χ1v) is 8.76. The molecule has 2 N–H and O–H groups in total. The molecule has 1 aromatic heterocycles. The van der Waals surface area contributed by atoms with E-state index in [1.54, 1.807) is 11.3 Å². The van der Waals surface area contributed by atoms with E-state index >= 15 is 0 Å². The average molecular weight is 294 g/mol. The molecule has 0 amide bonds. The highest BCUT2D eigenvalue weighted by Crippen LogP contribution is 2.25. The van der Waals surface area contributed by atoms with E-state index in [1.807, 2.05) is 6.20 Å². The number of nitrogens with zero attached hydrogens (tertiary/aromatic N) is 3. The third-order valence-corrected chi connectivity index (χ3v) is 5.47. The SMILES string of the molecule is Nc1ncc(CN2CCN(CC3CCCCC3)CC2)s1. The summed E-state index contributed by atoms with van der Waals surface area (Å²) in [7, 11) is 0. The van der Waals surface area contributed by atoms with Crippen LogP contribution in [-0.2, 0) is 6.54 Å². The van der Waals surface area contributed by atoms with Crippen molar-refractivity contribution < 1.29 is 0 Å². The topological polar surface area (TPSA) is 45.4 Å². The highest BCUT2D eigenvalue weighted by molar-refractivity contribution is 7.15. The van der Waals surface area contributed by atoms with Crippen molar-refractivity contribution >= 4 is 16.5 Å². The molecule has 3 rings (SSSR count). The van der Waals surface area contributed by atoms with E-state index in [0.717, 1.165) is 12.5 Å². The Morgan fingerprint density at radius 2 is 1.80 bits per heavy atom. The normalized spacial score (nSPS) is 23.2. The molecule has 2 fully saturated rings. The summed E-state index contributed by atoms with van der Waals surface area (Å²) >= 11 is 1.62. The van der Waals surface area contributed by atoms with Crippen LogP contribution in [0.1, 0.15) is 37.0 Å². The smallest absolute Gasteiger partial charge is 0.180 e. The maximum absolute atomic E-state index is 5.69. The molecule has 0 aromatic carbocycles.